The average molecular weight is 225 g/mol. The molecule has 1 aliphatic heterocycles. The van der Waals surface area contributed by atoms with Crippen molar-refractivity contribution in [1.29, 1.82) is 0 Å². The highest BCUT2D eigenvalue weighted by Gasteiger charge is 2.31. The van der Waals surface area contributed by atoms with Crippen LogP contribution < -0.4 is 5.19 Å². The summed E-state index contributed by atoms with van der Waals surface area (Å²) >= 11 is 0. The van der Waals surface area contributed by atoms with Gasteiger partial charge in [0.2, 0.25) is 0 Å². The maximum Gasteiger partial charge on any atom is 0.0857 e. The van der Waals surface area contributed by atoms with E-state index in [-0.39, 0.29) is 6.02 Å². The van der Waals surface area contributed by atoms with E-state index in [4.69, 9.17) is 1.37 Å². The molecule has 0 bridgehead atoms. The Morgan fingerprint density at radius 1 is 0.938 bits per heavy atom. The van der Waals surface area contributed by atoms with Gasteiger partial charge in [-0.3, -0.25) is 0 Å². The van der Waals surface area contributed by atoms with Crippen LogP contribution in [0.3, 0.4) is 0 Å². The summed E-state index contributed by atoms with van der Waals surface area (Å²) in [5, 5.41) is 1.43. The second-order valence-corrected chi connectivity index (χ2v) is 9.27. The summed E-state index contributed by atoms with van der Waals surface area (Å²) in [6, 6.07) is 17.0. The van der Waals surface area contributed by atoms with Crippen molar-refractivity contribution in [3.05, 3.63) is 54.1 Å². The zero-order valence-corrected chi connectivity index (χ0v) is 10.7. The summed E-state index contributed by atoms with van der Waals surface area (Å²) in [5.41, 5.74) is 3.82. The molecule has 3 rings (SSSR count). The Morgan fingerprint density at radius 3 is 2.38 bits per heavy atom. The first-order valence-electron chi connectivity index (χ1n) is 6.31. The van der Waals surface area contributed by atoms with Crippen molar-refractivity contribution in [2.75, 3.05) is 0 Å². The van der Waals surface area contributed by atoms with E-state index in [1.54, 1.807) is 0 Å². The second-order valence-electron chi connectivity index (χ2n) is 5.00. The number of rotatable bonds is 0. The molecule has 0 aromatic heterocycles. The molecule has 1 heteroatoms. The van der Waals surface area contributed by atoms with E-state index in [0.717, 1.165) is 0 Å². The van der Waals surface area contributed by atoms with E-state index in [0.29, 0.717) is 0 Å². The minimum atomic E-state index is -1.70. The van der Waals surface area contributed by atoms with Crippen LogP contribution in [0.5, 0.6) is 0 Å². The van der Waals surface area contributed by atoms with Crippen LogP contribution >= 0.6 is 0 Å². The molecule has 0 radical (unpaired) electrons. The molecule has 0 aliphatic carbocycles. The van der Waals surface area contributed by atoms with Crippen LogP contribution in [0, 0.1) is 0 Å². The Hall–Kier alpha value is -1.34. The Labute approximate surface area is 99.4 Å². The van der Waals surface area contributed by atoms with Crippen LogP contribution in [0.15, 0.2) is 48.5 Å². The van der Waals surface area contributed by atoms with Gasteiger partial charge in [-0.2, -0.15) is 0 Å². The Kier molecular flexibility index (Phi) is 1.82. The van der Waals surface area contributed by atoms with Crippen molar-refractivity contribution in [2.45, 2.75) is 19.1 Å². The zero-order chi connectivity index (χ0) is 12.0. The summed E-state index contributed by atoms with van der Waals surface area (Å²) < 4.78 is 8.55. The van der Waals surface area contributed by atoms with Crippen LogP contribution in [-0.2, 0) is 6.02 Å². The SMILES string of the molecule is [2H]C1c2ccccc2-c2ccccc2[Si]1(C)C. The number of benzene rings is 2. The van der Waals surface area contributed by atoms with Crippen LogP contribution in [0.2, 0.25) is 13.1 Å². The van der Waals surface area contributed by atoms with Gasteiger partial charge in [-0.25, -0.2) is 0 Å². The molecule has 0 fully saturated rings. The molecule has 0 spiro atoms. The summed E-state index contributed by atoms with van der Waals surface area (Å²) in [7, 11) is -1.70. The fraction of sp³-hybridized carbons (Fsp3) is 0.200. The van der Waals surface area contributed by atoms with Crippen LogP contribution in [0.25, 0.3) is 11.1 Å². The van der Waals surface area contributed by atoms with E-state index in [9.17, 15) is 0 Å². The van der Waals surface area contributed by atoms with Gasteiger partial charge >= 0.3 is 0 Å². The molecule has 0 saturated carbocycles. The first-order valence-corrected chi connectivity index (χ1v) is 8.81. The maximum atomic E-state index is 8.55. The van der Waals surface area contributed by atoms with E-state index in [1.165, 1.54) is 21.9 Å². The normalized spacial score (nSPS) is 21.9. The average Bonchev–Trinajstić information content (AvgIpc) is 2.37. The molecule has 1 aliphatic rings. The lowest BCUT2D eigenvalue weighted by Gasteiger charge is -2.32. The molecule has 1 atom stereocenters. The fourth-order valence-corrected chi connectivity index (χ4v) is 5.24. The van der Waals surface area contributed by atoms with E-state index in [2.05, 4.69) is 61.6 Å². The third kappa shape index (κ3) is 1.35. The molecule has 0 N–H and O–H groups in total. The molecule has 2 aromatic carbocycles. The van der Waals surface area contributed by atoms with Gasteiger partial charge in [0.25, 0.3) is 0 Å². The Balaban J connectivity index is 2.37. The Bertz CT molecular complexity index is 575. The first-order chi connectivity index (χ1) is 8.12. The number of hydrogen-bond donors (Lipinski definition) is 0. The van der Waals surface area contributed by atoms with Gasteiger partial charge in [0.05, 0.1) is 8.07 Å². The molecule has 1 heterocycles. The monoisotopic (exact) mass is 225 g/mol. The summed E-state index contributed by atoms with van der Waals surface area (Å²) in [6.45, 7) is 4.61. The molecule has 0 amide bonds. The highest BCUT2D eigenvalue weighted by molar-refractivity contribution is 6.90. The third-order valence-corrected chi connectivity index (χ3v) is 6.25. The maximum absolute atomic E-state index is 8.55. The first kappa shape index (κ1) is 8.77. The minimum absolute atomic E-state index is 0.0476. The molecular formula is C15H16Si. The van der Waals surface area contributed by atoms with Gasteiger partial charge in [-0.05, 0) is 22.7 Å². The van der Waals surface area contributed by atoms with Crippen molar-refractivity contribution in [1.82, 2.24) is 0 Å². The molecule has 16 heavy (non-hydrogen) atoms. The standard InChI is InChI=1S/C15H16Si/c1-16(2)11-12-7-3-4-8-13(12)14-9-5-6-10-15(14)16/h3-10H,11H2,1-2H3/i11D. The molecule has 80 valence electrons. The predicted octanol–water partition coefficient (Wildman–Crippen LogP) is 3.36. The molecular weight excluding hydrogens is 208 g/mol. The second kappa shape index (κ2) is 3.32. The highest BCUT2D eigenvalue weighted by Crippen LogP contribution is 2.31. The lowest BCUT2D eigenvalue weighted by molar-refractivity contribution is 1.30. The topological polar surface area (TPSA) is 0 Å². The van der Waals surface area contributed by atoms with Gasteiger partial charge < -0.3 is 0 Å². The van der Waals surface area contributed by atoms with Crippen LogP contribution in [0.1, 0.15) is 6.93 Å². The van der Waals surface area contributed by atoms with Gasteiger partial charge in [0.1, 0.15) is 0 Å². The van der Waals surface area contributed by atoms with E-state index < -0.39 is 8.07 Å². The van der Waals surface area contributed by atoms with Crippen molar-refractivity contribution in [3.8, 4) is 11.1 Å². The predicted molar refractivity (Wildman–Crippen MR) is 72.7 cm³/mol. The van der Waals surface area contributed by atoms with Crippen LogP contribution in [-0.4, -0.2) is 8.07 Å². The largest absolute Gasteiger partial charge is 0.0857 e. The molecule has 0 saturated heterocycles. The van der Waals surface area contributed by atoms with Crippen molar-refractivity contribution in [3.63, 3.8) is 0 Å². The summed E-state index contributed by atoms with van der Waals surface area (Å²) in [6.07, 6.45) is 0. The Morgan fingerprint density at radius 2 is 1.56 bits per heavy atom. The fourth-order valence-electron chi connectivity index (χ4n) is 2.61. The quantitative estimate of drug-likeness (QED) is 0.603. The van der Waals surface area contributed by atoms with Gasteiger partial charge in [0, 0.05) is 1.37 Å². The molecule has 2 aromatic rings. The van der Waals surface area contributed by atoms with Gasteiger partial charge in [-0.1, -0.05) is 66.8 Å². The van der Waals surface area contributed by atoms with Crippen LogP contribution in [0.4, 0.5) is 0 Å². The van der Waals surface area contributed by atoms with E-state index >= 15 is 0 Å². The third-order valence-electron chi connectivity index (χ3n) is 3.39. The smallest absolute Gasteiger partial charge is 0.0652 e. The highest BCUT2D eigenvalue weighted by atomic mass is 28.3. The summed E-state index contributed by atoms with van der Waals surface area (Å²) in [5.74, 6) is 0. The van der Waals surface area contributed by atoms with Gasteiger partial charge in [0.15, 0.2) is 0 Å². The molecule has 1 unspecified atom stereocenters. The zero-order valence-electron chi connectivity index (χ0n) is 10.7. The summed E-state index contributed by atoms with van der Waals surface area (Å²) in [4.78, 5) is 0. The van der Waals surface area contributed by atoms with Crippen molar-refractivity contribution >= 4 is 13.3 Å². The van der Waals surface area contributed by atoms with Crippen molar-refractivity contribution < 1.29 is 1.37 Å². The van der Waals surface area contributed by atoms with Crippen molar-refractivity contribution in [2.24, 2.45) is 0 Å². The van der Waals surface area contributed by atoms with E-state index in [1.807, 2.05) is 0 Å². The van der Waals surface area contributed by atoms with Gasteiger partial charge in [-0.15, -0.1) is 0 Å². The lowest BCUT2D eigenvalue weighted by atomic mass is 10.00. The number of fused-ring (bicyclic) bond motifs is 3. The minimum Gasteiger partial charge on any atom is -0.0652 e. The molecule has 0 nitrogen and oxygen atoms in total. The number of hydrogen-bond acceptors (Lipinski definition) is 0. The lowest BCUT2D eigenvalue weighted by Crippen LogP contribution is -2.47.